The quantitative estimate of drug-likeness (QED) is 0.748. The van der Waals surface area contributed by atoms with Crippen LogP contribution in [0, 0.1) is 0 Å². The minimum absolute atomic E-state index is 0.0906. The lowest BCUT2D eigenvalue weighted by Crippen LogP contribution is -2.41. The van der Waals surface area contributed by atoms with E-state index in [-0.39, 0.29) is 17.0 Å². The molecule has 0 aliphatic heterocycles. The van der Waals surface area contributed by atoms with Crippen LogP contribution >= 0.6 is 15.9 Å². The Kier molecular flexibility index (Phi) is 4.98. The summed E-state index contributed by atoms with van der Waals surface area (Å²) in [4.78, 5) is -0.488. The van der Waals surface area contributed by atoms with Crippen LogP contribution in [-0.2, 0) is 16.6 Å². The van der Waals surface area contributed by atoms with E-state index in [0.717, 1.165) is 6.07 Å². The average Bonchev–Trinajstić information content (AvgIpc) is 2.69. The number of alkyl halides is 4. The lowest BCUT2D eigenvalue weighted by Gasteiger charge is -2.15. The van der Waals surface area contributed by atoms with E-state index >= 15 is 0 Å². The summed E-state index contributed by atoms with van der Waals surface area (Å²) in [6, 6.07) is 1.01. The van der Waals surface area contributed by atoms with Gasteiger partial charge in [-0.3, -0.25) is 0 Å². The third kappa shape index (κ3) is 3.91. The molecular weight excluding hydrogens is 360 g/mol. The molecule has 0 fully saturated rings. The Morgan fingerprint density at radius 2 is 2.05 bits per heavy atom. The van der Waals surface area contributed by atoms with Crippen molar-refractivity contribution in [1.82, 2.24) is 4.72 Å². The van der Waals surface area contributed by atoms with Crippen LogP contribution in [0.4, 0.5) is 17.6 Å². The van der Waals surface area contributed by atoms with E-state index < -0.39 is 33.8 Å². The largest absolute Gasteiger partial charge is 0.452 e. The summed E-state index contributed by atoms with van der Waals surface area (Å²) in [5.41, 5.74) is 5.21. The summed E-state index contributed by atoms with van der Waals surface area (Å²) in [7, 11) is -4.41. The summed E-state index contributed by atoms with van der Waals surface area (Å²) in [6.07, 6.45) is -3.97. The van der Waals surface area contributed by atoms with Crippen molar-refractivity contribution in [3.8, 4) is 0 Å². The van der Waals surface area contributed by atoms with Crippen LogP contribution in [0.2, 0.25) is 0 Å². The van der Waals surface area contributed by atoms with Crippen LogP contribution in [0.1, 0.15) is 5.76 Å². The second-order valence-corrected chi connectivity index (χ2v) is 5.90. The van der Waals surface area contributed by atoms with Gasteiger partial charge in [-0.2, -0.15) is 8.78 Å². The van der Waals surface area contributed by atoms with Crippen molar-refractivity contribution in [3.05, 3.63) is 16.5 Å². The first kappa shape index (κ1) is 16.4. The molecule has 0 amide bonds. The fourth-order valence-corrected chi connectivity index (χ4v) is 3.07. The second kappa shape index (κ2) is 5.77. The molecule has 0 aliphatic carbocycles. The van der Waals surface area contributed by atoms with Crippen molar-refractivity contribution in [1.29, 1.82) is 0 Å². The SMILES string of the molecule is NCc1cc(S(=O)(=O)NCC(F)(F)C(F)F)c(Br)o1. The van der Waals surface area contributed by atoms with E-state index in [1.165, 1.54) is 4.72 Å². The Morgan fingerprint density at radius 1 is 1.47 bits per heavy atom. The maximum atomic E-state index is 12.6. The molecule has 3 N–H and O–H groups in total. The standard InChI is InChI=1S/C8H9BrF4N2O3S/c9-6-5(1-4(2-14)18-6)19(16,17)15-3-8(12,13)7(10)11/h1,7,15H,2-3,14H2. The highest BCUT2D eigenvalue weighted by Crippen LogP contribution is 2.27. The molecule has 0 atom stereocenters. The van der Waals surface area contributed by atoms with Crippen molar-refractivity contribution in [3.63, 3.8) is 0 Å². The molecule has 1 heterocycles. The zero-order valence-corrected chi connectivity index (χ0v) is 11.6. The van der Waals surface area contributed by atoms with Crippen LogP contribution in [0.25, 0.3) is 0 Å². The number of hydrogen-bond acceptors (Lipinski definition) is 4. The Labute approximate surface area is 114 Å². The fraction of sp³-hybridized carbons (Fsp3) is 0.500. The van der Waals surface area contributed by atoms with E-state index in [4.69, 9.17) is 10.2 Å². The summed E-state index contributed by atoms with van der Waals surface area (Å²) in [5.74, 6) is -4.37. The highest BCUT2D eigenvalue weighted by Gasteiger charge is 2.42. The van der Waals surface area contributed by atoms with Crippen LogP contribution in [0.15, 0.2) is 20.0 Å². The highest BCUT2D eigenvalue weighted by molar-refractivity contribution is 9.10. The predicted octanol–water partition coefficient (Wildman–Crippen LogP) is 1.68. The summed E-state index contributed by atoms with van der Waals surface area (Å²) < 4.78 is 78.3. The molecule has 0 aliphatic rings. The van der Waals surface area contributed by atoms with Crippen LogP contribution in [-0.4, -0.2) is 27.3 Å². The third-order valence-electron chi connectivity index (χ3n) is 2.01. The molecule has 5 nitrogen and oxygen atoms in total. The molecule has 0 aromatic carbocycles. The molecule has 11 heteroatoms. The second-order valence-electron chi connectivity index (χ2n) is 3.44. The van der Waals surface area contributed by atoms with Gasteiger partial charge in [-0.1, -0.05) is 0 Å². The number of nitrogens with two attached hydrogens (primary N) is 1. The van der Waals surface area contributed by atoms with Crippen molar-refractivity contribution in [2.24, 2.45) is 5.73 Å². The summed E-state index contributed by atoms with van der Waals surface area (Å²) >= 11 is 2.77. The molecule has 1 rings (SSSR count). The minimum atomic E-state index is -4.46. The first-order valence-corrected chi connectivity index (χ1v) is 7.01. The molecule has 1 aromatic heterocycles. The third-order valence-corrected chi connectivity index (χ3v) is 4.27. The Morgan fingerprint density at radius 3 is 2.47 bits per heavy atom. The van der Waals surface area contributed by atoms with Gasteiger partial charge in [0.1, 0.15) is 10.7 Å². The van der Waals surface area contributed by atoms with Gasteiger partial charge in [0, 0.05) is 6.07 Å². The molecule has 0 saturated heterocycles. The smallest absolute Gasteiger partial charge is 0.320 e. The van der Waals surface area contributed by atoms with Gasteiger partial charge >= 0.3 is 12.3 Å². The molecule has 0 radical (unpaired) electrons. The maximum Gasteiger partial charge on any atom is 0.320 e. The topological polar surface area (TPSA) is 85.3 Å². The normalized spacial score (nSPS) is 13.2. The number of furan rings is 1. The first-order chi connectivity index (χ1) is 8.60. The lowest BCUT2D eigenvalue weighted by atomic mass is 10.4. The van der Waals surface area contributed by atoms with E-state index in [1.54, 1.807) is 0 Å². The Bertz CT molecular complexity index is 546. The van der Waals surface area contributed by atoms with Crippen molar-refractivity contribution in [2.75, 3.05) is 6.54 Å². The van der Waals surface area contributed by atoms with E-state index in [1.807, 2.05) is 0 Å². The van der Waals surface area contributed by atoms with Gasteiger partial charge in [-0.15, -0.1) is 0 Å². The molecule has 0 saturated carbocycles. The van der Waals surface area contributed by atoms with Crippen molar-refractivity contribution in [2.45, 2.75) is 23.8 Å². The van der Waals surface area contributed by atoms with Crippen LogP contribution < -0.4 is 10.5 Å². The average molecular weight is 369 g/mol. The number of rotatable bonds is 6. The molecule has 0 spiro atoms. The Hall–Kier alpha value is -0.650. The monoisotopic (exact) mass is 368 g/mol. The minimum Gasteiger partial charge on any atom is -0.452 e. The highest BCUT2D eigenvalue weighted by atomic mass is 79.9. The molecular formula is C8H9BrF4N2O3S. The van der Waals surface area contributed by atoms with E-state index in [9.17, 15) is 26.0 Å². The van der Waals surface area contributed by atoms with Gasteiger partial charge in [0.05, 0.1) is 13.1 Å². The van der Waals surface area contributed by atoms with Crippen LogP contribution in [0.5, 0.6) is 0 Å². The fourth-order valence-electron chi connectivity index (χ4n) is 1.03. The van der Waals surface area contributed by atoms with Gasteiger partial charge in [-0.05, 0) is 15.9 Å². The van der Waals surface area contributed by atoms with E-state index in [0.29, 0.717) is 0 Å². The molecule has 0 bridgehead atoms. The van der Waals surface area contributed by atoms with Crippen LogP contribution in [0.3, 0.4) is 0 Å². The predicted molar refractivity (Wildman–Crippen MR) is 60.4 cm³/mol. The molecule has 0 unspecified atom stereocenters. The van der Waals surface area contributed by atoms with Gasteiger partial charge in [0.15, 0.2) is 4.67 Å². The van der Waals surface area contributed by atoms with Gasteiger partial charge in [0.25, 0.3) is 0 Å². The lowest BCUT2D eigenvalue weighted by molar-refractivity contribution is -0.122. The summed E-state index contributed by atoms with van der Waals surface area (Å²) in [6.45, 7) is -1.83. The Balaban J connectivity index is 2.90. The maximum absolute atomic E-state index is 12.6. The van der Waals surface area contributed by atoms with Gasteiger partial charge < -0.3 is 10.2 Å². The zero-order chi connectivity index (χ0) is 14.8. The number of nitrogens with one attached hydrogen (secondary N) is 1. The molecule has 1 aromatic rings. The number of halogens is 5. The number of sulfonamides is 1. The first-order valence-electron chi connectivity index (χ1n) is 4.74. The zero-order valence-electron chi connectivity index (χ0n) is 9.17. The van der Waals surface area contributed by atoms with Gasteiger partial charge in [0.2, 0.25) is 10.0 Å². The molecule has 110 valence electrons. The van der Waals surface area contributed by atoms with E-state index in [2.05, 4.69) is 15.9 Å². The van der Waals surface area contributed by atoms with Gasteiger partial charge in [-0.25, -0.2) is 21.9 Å². The molecule has 19 heavy (non-hydrogen) atoms. The van der Waals surface area contributed by atoms with Crippen molar-refractivity contribution >= 4 is 26.0 Å². The summed E-state index contributed by atoms with van der Waals surface area (Å²) in [5, 5.41) is 0. The number of hydrogen-bond donors (Lipinski definition) is 2. The van der Waals surface area contributed by atoms with Crippen molar-refractivity contribution < 1.29 is 30.4 Å².